The summed E-state index contributed by atoms with van der Waals surface area (Å²) >= 11 is 0. The highest BCUT2D eigenvalue weighted by molar-refractivity contribution is 5.85. The van der Waals surface area contributed by atoms with Gasteiger partial charge >= 0.3 is 0 Å². The number of rotatable bonds is 6. The van der Waals surface area contributed by atoms with Crippen molar-refractivity contribution in [2.75, 3.05) is 0 Å². The second-order valence-corrected chi connectivity index (χ2v) is 5.52. The van der Waals surface area contributed by atoms with Crippen LogP contribution >= 0.6 is 12.4 Å². The molecule has 1 unspecified atom stereocenters. The first-order valence-corrected chi connectivity index (χ1v) is 7.78. The van der Waals surface area contributed by atoms with E-state index in [2.05, 4.69) is 96.3 Å². The van der Waals surface area contributed by atoms with Crippen molar-refractivity contribution in [3.63, 3.8) is 0 Å². The number of nitrogens with one attached hydrogen (secondary N) is 1. The molecule has 0 heterocycles. The SMILES string of the molecule is Cl.c1ccc(CNC(Cc2ccccc2)c2ccccc2)cc1. The van der Waals surface area contributed by atoms with Crippen LogP contribution in [-0.2, 0) is 13.0 Å². The molecule has 0 bridgehead atoms. The second kappa shape index (κ2) is 9.14. The van der Waals surface area contributed by atoms with E-state index in [1.807, 2.05) is 0 Å². The van der Waals surface area contributed by atoms with Crippen molar-refractivity contribution < 1.29 is 0 Å². The molecule has 3 aromatic rings. The van der Waals surface area contributed by atoms with Gasteiger partial charge in [0.25, 0.3) is 0 Å². The van der Waals surface area contributed by atoms with Crippen molar-refractivity contribution in [3.8, 4) is 0 Å². The van der Waals surface area contributed by atoms with E-state index in [9.17, 15) is 0 Å². The quantitative estimate of drug-likeness (QED) is 0.659. The Morgan fingerprint density at radius 1 is 0.609 bits per heavy atom. The van der Waals surface area contributed by atoms with Crippen molar-refractivity contribution >= 4 is 12.4 Å². The summed E-state index contributed by atoms with van der Waals surface area (Å²) in [5.41, 5.74) is 4.01. The Hall–Kier alpha value is -2.09. The van der Waals surface area contributed by atoms with Crippen molar-refractivity contribution in [1.29, 1.82) is 0 Å². The maximum Gasteiger partial charge on any atom is 0.0363 e. The van der Waals surface area contributed by atoms with Gasteiger partial charge in [0.2, 0.25) is 0 Å². The molecule has 0 aromatic heterocycles. The third-order valence-electron chi connectivity index (χ3n) is 3.88. The van der Waals surface area contributed by atoms with E-state index in [-0.39, 0.29) is 12.4 Å². The molecule has 1 nitrogen and oxygen atoms in total. The van der Waals surface area contributed by atoms with Gasteiger partial charge in [-0.2, -0.15) is 0 Å². The Balaban J connectivity index is 0.00000192. The zero-order valence-corrected chi connectivity index (χ0v) is 13.9. The third kappa shape index (κ3) is 5.24. The summed E-state index contributed by atoms with van der Waals surface area (Å²) in [6, 6.07) is 32.2. The predicted octanol–water partition coefficient (Wildman–Crippen LogP) is 5.18. The van der Waals surface area contributed by atoms with E-state index in [4.69, 9.17) is 0 Å². The van der Waals surface area contributed by atoms with Crippen LogP contribution in [0, 0.1) is 0 Å². The molecule has 1 N–H and O–H groups in total. The fourth-order valence-corrected chi connectivity index (χ4v) is 2.68. The molecular formula is C21H22ClN. The van der Waals surface area contributed by atoms with Gasteiger partial charge in [0.05, 0.1) is 0 Å². The molecular weight excluding hydrogens is 302 g/mol. The van der Waals surface area contributed by atoms with E-state index < -0.39 is 0 Å². The topological polar surface area (TPSA) is 12.0 Å². The highest BCUT2D eigenvalue weighted by Crippen LogP contribution is 2.19. The molecule has 0 saturated carbocycles. The Labute approximate surface area is 144 Å². The lowest BCUT2D eigenvalue weighted by atomic mass is 9.98. The van der Waals surface area contributed by atoms with Crippen LogP contribution in [0.2, 0.25) is 0 Å². The highest BCUT2D eigenvalue weighted by atomic mass is 35.5. The summed E-state index contributed by atoms with van der Waals surface area (Å²) < 4.78 is 0. The summed E-state index contributed by atoms with van der Waals surface area (Å²) in [6.07, 6.45) is 0.998. The zero-order chi connectivity index (χ0) is 15.0. The maximum absolute atomic E-state index is 3.70. The third-order valence-corrected chi connectivity index (χ3v) is 3.88. The molecule has 0 fully saturated rings. The molecule has 0 aliphatic carbocycles. The van der Waals surface area contributed by atoms with Gasteiger partial charge in [-0.15, -0.1) is 12.4 Å². The normalized spacial score (nSPS) is 11.5. The predicted molar refractivity (Wildman–Crippen MR) is 99.9 cm³/mol. The molecule has 0 aliphatic heterocycles. The van der Waals surface area contributed by atoms with Crippen molar-refractivity contribution in [3.05, 3.63) is 108 Å². The number of halogens is 1. The molecule has 0 saturated heterocycles. The van der Waals surface area contributed by atoms with Gasteiger partial charge < -0.3 is 5.32 Å². The molecule has 0 aliphatic rings. The molecule has 23 heavy (non-hydrogen) atoms. The number of benzene rings is 3. The summed E-state index contributed by atoms with van der Waals surface area (Å²) in [7, 11) is 0. The van der Waals surface area contributed by atoms with E-state index in [0.29, 0.717) is 6.04 Å². The molecule has 3 aromatic carbocycles. The Morgan fingerprint density at radius 3 is 1.65 bits per heavy atom. The molecule has 2 heteroatoms. The fourth-order valence-electron chi connectivity index (χ4n) is 2.68. The summed E-state index contributed by atoms with van der Waals surface area (Å²) in [5, 5.41) is 3.70. The standard InChI is InChI=1S/C21H21N.ClH/c1-4-10-18(11-5-1)16-21(20-14-8-3-9-15-20)22-17-19-12-6-2-7-13-19;/h1-15,21-22H,16-17H2;1H. The average Bonchev–Trinajstić information content (AvgIpc) is 2.61. The van der Waals surface area contributed by atoms with E-state index in [0.717, 1.165) is 13.0 Å². The lowest BCUT2D eigenvalue weighted by Gasteiger charge is -2.19. The van der Waals surface area contributed by atoms with Crippen molar-refractivity contribution in [2.24, 2.45) is 0 Å². The first-order chi connectivity index (χ1) is 10.9. The van der Waals surface area contributed by atoms with Crippen LogP contribution in [0.3, 0.4) is 0 Å². The molecule has 1 atom stereocenters. The van der Waals surface area contributed by atoms with E-state index in [1.54, 1.807) is 0 Å². The van der Waals surface area contributed by atoms with Crippen LogP contribution in [0.5, 0.6) is 0 Å². The van der Waals surface area contributed by atoms with E-state index in [1.165, 1.54) is 16.7 Å². The van der Waals surface area contributed by atoms with Gasteiger partial charge in [0.15, 0.2) is 0 Å². The maximum atomic E-state index is 3.70. The Bertz CT molecular complexity index is 668. The van der Waals surface area contributed by atoms with Gasteiger partial charge in [0, 0.05) is 12.6 Å². The average molecular weight is 324 g/mol. The Morgan fingerprint density at radius 2 is 1.09 bits per heavy atom. The second-order valence-electron chi connectivity index (χ2n) is 5.52. The van der Waals surface area contributed by atoms with Crippen LogP contribution in [-0.4, -0.2) is 0 Å². The number of hydrogen-bond donors (Lipinski definition) is 1. The van der Waals surface area contributed by atoms with Gasteiger partial charge in [-0.25, -0.2) is 0 Å². The molecule has 3 rings (SSSR count). The smallest absolute Gasteiger partial charge is 0.0363 e. The minimum absolute atomic E-state index is 0. The highest BCUT2D eigenvalue weighted by Gasteiger charge is 2.11. The van der Waals surface area contributed by atoms with Crippen LogP contribution in [0.1, 0.15) is 22.7 Å². The van der Waals surface area contributed by atoms with Crippen molar-refractivity contribution in [2.45, 2.75) is 19.0 Å². The zero-order valence-electron chi connectivity index (χ0n) is 13.1. The number of hydrogen-bond acceptors (Lipinski definition) is 1. The van der Waals surface area contributed by atoms with Gasteiger partial charge in [-0.3, -0.25) is 0 Å². The summed E-state index contributed by atoms with van der Waals surface area (Å²) in [4.78, 5) is 0. The molecule has 118 valence electrons. The van der Waals surface area contributed by atoms with Gasteiger partial charge in [-0.1, -0.05) is 91.0 Å². The van der Waals surface area contributed by atoms with Crippen LogP contribution < -0.4 is 5.32 Å². The lowest BCUT2D eigenvalue weighted by Crippen LogP contribution is -2.23. The largest absolute Gasteiger partial charge is 0.306 e. The van der Waals surface area contributed by atoms with Crippen molar-refractivity contribution in [1.82, 2.24) is 5.32 Å². The fraction of sp³-hybridized carbons (Fsp3) is 0.143. The van der Waals surface area contributed by atoms with Gasteiger partial charge in [-0.05, 0) is 23.1 Å². The monoisotopic (exact) mass is 323 g/mol. The minimum Gasteiger partial charge on any atom is -0.306 e. The summed E-state index contributed by atoms with van der Waals surface area (Å²) in [5.74, 6) is 0. The molecule has 0 amide bonds. The Kier molecular flexibility index (Phi) is 6.86. The molecule has 0 radical (unpaired) electrons. The first-order valence-electron chi connectivity index (χ1n) is 7.78. The molecule has 0 spiro atoms. The van der Waals surface area contributed by atoms with Crippen LogP contribution in [0.4, 0.5) is 0 Å². The first kappa shape index (κ1) is 17.3. The lowest BCUT2D eigenvalue weighted by molar-refractivity contribution is 0.530. The van der Waals surface area contributed by atoms with Crippen LogP contribution in [0.25, 0.3) is 0 Å². The van der Waals surface area contributed by atoms with E-state index >= 15 is 0 Å². The minimum atomic E-state index is 0. The van der Waals surface area contributed by atoms with Crippen LogP contribution in [0.15, 0.2) is 91.0 Å². The van der Waals surface area contributed by atoms with Gasteiger partial charge in [0.1, 0.15) is 0 Å². The summed E-state index contributed by atoms with van der Waals surface area (Å²) in [6.45, 7) is 0.882.